The van der Waals surface area contributed by atoms with Crippen molar-refractivity contribution in [3.05, 3.63) is 11.9 Å². The Bertz CT molecular complexity index is 17.1. The van der Waals surface area contributed by atoms with Crippen molar-refractivity contribution in [2.24, 2.45) is 0 Å². The normalized spacial score (nSPS) is 2.40. The Morgan fingerprint density at radius 2 is 1.60 bits per heavy atom. The van der Waals surface area contributed by atoms with Crippen LogP contribution in [-0.2, 0) is 24.9 Å². The predicted octanol–water partition coefficient (Wildman–Crippen LogP) is 0.910. The number of nitrogens with two attached hydrogens (primary N) is 1. The second kappa shape index (κ2) is 33.2. The van der Waals surface area contributed by atoms with Crippen molar-refractivity contribution in [1.29, 1.82) is 0 Å². The average Bonchev–Trinajstić information content (AvgIpc) is 0.918. The molecule has 5 heavy (non-hydrogen) atoms. The van der Waals surface area contributed by atoms with Gasteiger partial charge in [0.25, 0.3) is 0 Å². The molecule has 0 aliphatic rings. The molecule has 0 saturated heterocycles. The van der Waals surface area contributed by atoms with Crippen molar-refractivity contribution >= 4 is 6.41 Å². The quantitative estimate of drug-likeness (QED) is 0.590. The molecule has 1 amide bonds. The minimum absolute atomic E-state index is 0. The molecule has 0 heterocycles. The molecule has 3 N–H and O–H groups in total. The van der Waals surface area contributed by atoms with E-state index < -0.39 is 0 Å². The first kappa shape index (κ1) is 19.5. The van der Waals surface area contributed by atoms with Gasteiger partial charge in [0.15, 0.2) is 0 Å². The molecule has 0 atom stereocenters. The number of rotatable bonds is 0. The SMILES string of the molecule is [Ir].[NH-]C=O.[NH2-]. The average molecular weight is 252 g/mol. The molecule has 0 aromatic heterocycles. The van der Waals surface area contributed by atoms with E-state index in [0.717, 1.165) is 0 Å². The maximum Gasteiger partial charge on any atom is 0.0344 e. The number of nitrogens with one attached hydrogen (secondary N) is 1. The molecule has 35 valence electrons. The van der Waals surface area contributed by atoms with Crippen LogP contribution in [0.3, 0.4) is 0 Å². The third-order valence-corrected chi connectivity index (χ3v) is 0. The van der Waals surface area contributed by atoms with Crippen LogP contribution in [0.1, 0.15) is 0 Å². The van der Waals surface area contributed by atoms with Crippen molar-refractivity contribution in [3.8, 4) is 0 Å². The largest absolute Gasteiger partial charge is 0.693 e. The van der Waals surface area contributed by atoms with Crippen LogP contribution in [0.2, 0.25) is 0 Å². The Morgan fingerprint density at radius 1 is 1.60 bits per heavy atom. The number of carbonyl (C=O) groups is 1. The molecule has 0 aliphatic carbocycles. The smallest absolute Gasteiger partial charge is 0.0344 e. The number of carbonyl (C=O) groups excluding carboxylic acids is 1. The van der Waals surface area contributed by atoms with Crippen LogP contribution < -0.4 is 0 Å². The first-order valence-corrected chi connectivity index (χ1v) is 0.524. The number of hydrogen-bond acceptors (Lipinski definition) is 1. The molecule has 0 saturated carbocycles. The maximum absolute atomic E-state index is 8.47. The summed E-state index contributed by atoms with van der Waals surface area (Å²) in [6.45, 7) is 0. The molecular weight excluding hydrogens is 248 g/mol. The zero-order valence-electron chi connectivity index (χ0n) is 2.40. The van der Waals surface area contributed by atoms with Gasteiger partial charge < -0.3 is 16.7 Å². The summed E-state index contributed by atoms with van der Waals surface area (Å²) in [6.07, 6.45) is 0. The van der Waals surface area contributed by atoms with Crippen LogP contribution in [0, 0.1) is 0 Å². The van der Waals surface area contributed by atoms with Crippen LogP contribution in [0.4, 0.5) is 0 Å². The third-order valence-electron chi connectivity index (χ3n) is 0. The summed E-state index contributed by atoms with van der Waals surface area (Å²) < 4.78 is 0. The topological polar surface area (TPSA) is 74.4 Å². The summed E-state index contributed by atoms with van der Waals surface area (Å²) in [7, 11) is 0. The van der Waals surface area contributed by atoms with E-state index in [-0.39, 0.29) is 32.7 Å². The van der Waals surface area contributed by atoms with Crippen LogP contribution in [0.25, 0.3) is 11.9 Å². The first-order valence-electron chi connectivity index (χ1n) is 0.524. The van der Waals surface area contributed by atoms with E-state index in [0.29, 0.717) is 0 Å². The monoisotopic (exact) mass is 253 g/mol. The number of amides is 1. The molecule has 0 fully saturated rings. The maximum atomic E-state index is 8.47. The van der Waals surface area contributed by atoms with Gasteiger partial charge in [0.05, 0.1) is 0 Å². The molecule has 0 unspecified atom stereocenters. The van der Waals surface area contributed by atoms with Crippen molar-refractivity contribution in [2.45, 2.75) is 0 Å². The van der Waals surface area contributed by atoms with Crippen LogP contribution >= 0.6 is 0 Å². The Hall–Kier alpha value is 0.0794. The Labute approximate surface area is 43.9 Å². The van der Waals surface area contributed by atoms with Gasteiger partial charge in [-0.25, -0.2) is 0 Å². The van der Waals surface area contributed by atoms with E-state index in [2.05, 4.69) is 0 Å². The molecule has 0 bridgehead atoms. The Morgan fingerprint density at radius 3 is 1.60 bits per heavy atom. The zero-order chi connectivity index (χ0) is 2.71. The van der Waals surface area contributed by atoms with Crippen molar-refractivity contribution in [3.63, 3.8) is 0 Å². The van der Waals surface area contributed by atoms with E-state index in [1.54, 1.807) is 0 Å². The van der Waals surface area contributed by atoms with E-state index in [1.165, 1.54) is 0 Å². The van der Waals surface area contributed by atoms with Crippen LogP contribution in [0.15, 0.2) is 0 Å². The van der Waals surface area contributed by atoms with Crippen molar-refractivity contribution in [1.82, 2.24) is 0 Å². The summed E-state index contributed by atoms with van der Waals surface area (Å²) in [4.78, 5) is 8.47. The van der Waals surface area contributed by atoms with Crippen LogP contribution in [-0.4, -0.2) is 6.41 Å². The molecule has 0 rings (SSSR count). The fourth-order valence-corrected chi connectivity index (χ4v) is 0. The van der Waals surface area contributed by atoms with Gasteiger partial charge in [-0.15, -0.1) is 0 Å². The van der Waals surface area contributed by atoms with E-state index >= 15 is 0 Å². The molecule has 0 aromatic rings. The first-order chi connectivity index (χ1) is 1.41. The second-order valence-electron chi connectivity index (χ2n) is 0.118. The second-order valence-corrected chi connectivity index (χ2v) is 0.118. The molecule has 1 radical (unpaired) electrons. The van der Waals surface area contributed by atoms with Gasteiger partial charge in [-0.3, -0.25) is 0 Å². The van der Waals surface area contributed by atoms with Gasteiger partial charge in [-0.1, -0.05) is 0 Å². The van der Waals surface area contributed by atoms with Gasteiger partial charge >= 0.3 is 0 Å². The summed E-state index contributed by atoms with van der Waals surface area (Å²) in [5, 5.41) is 0. The minimum atomic E-state index is 0. The summed E-state index contributed by atoms with van der Waals surface area (Å²) in [6, 6.07) is 0. The molecular formula is CH4IrN2O-2. The predicted molar refractivity (Wildman–Crippen MR) is 15.7 cm³/mol. The number of hydrogen-bond donors (Lipinski definition) is 0. The van der Waals surface area contributed by atoms with Crippen molar-refractivity contribution < 1.29 is 24.9 Å². The fourth-order valence-electron chi connectivity index (χ4n) is 0. The Balaban J connectivity index is -0.0000000200. The molecule has 0 aromatic carbocycles. The van der Waals surface area contributed by atoms with Gasteiger partial charge in [0.2, 0.25) is 0 Å². The third kappa shape index (κ3) is 2800. The van der Waals surface area contributed by atoms with E-state index in [9.17, 15) is 0 Å². The van der Waals surface area contributed by atoms with Crippen LogP contribution in [0.5, 0.6) is 0 Å². The molecule has 0 spiro atoms. The summed E-state index contributed by atoms with van der Waals surface area (Å²) in [5.74, 6) is 0. The van der Waals surface area contributed by atoms with E-state index in [1.807, 2.05) is 0 Å². The Kier molecular flexibility index (Phi) is 130. The summed E-state index contributed by atoms with van der Waals surface area (Å²) in [5.41, 5.74) is 5.53. The van der Waals surface area contributed by atoms with Gasteiger partial charge in [-0.05, 0) is 0 Å². The summed E-state index contributed by atoms with van der Waals surface area (Å²) >= 11 is 0. The minimum Gasteiger partial charge on any atom is -0.693 e. The zero-order valence-corrected chi connectivity index (χ0v) is 4.79. The molecule has 0 aliphatic heterocycles. The molecule has 3 nitrogen and oxygen atoms in total. The standard InChI is InChI=1S/CH3NO.Ir.H2N/c2-1-3;;/h1H,(H2,2,3);;1H2/q;;-1/p-1. The van der Waals surface area contributed by atoms with Gasteiger partial charge in [0.1, 0.15) is 0 Å². The fraction of sp³-hybridized carbons (Fsp3) is 0. The van der Waals surface area contributed by atoms with E-state index in [4.69, 9.17) is 10.5 Å². The van der Waals surface area contributed by atoms with Gasteiger partial charge in [0, 0.05) is 26.5 Å². The van der Waals surface area contributed by atoms with Gasteiger partial charge in [-0.2, -0.15) is 0 Å². The molecule has 4 heteroatoms. The van der Waals surface area contributed by atoms with Crippen molar-refractivity contribution in [2.75, 3.05) is 0 Å².